The zero-order chi connectivity index (χ0) is 19.1. The molecule has 0 atom stereocenters. The molecule has 2 N–H and O–H groups in total. The van der Waals surface area contributed by atoms with Gasteiger partial charge in [-0.2, -0.15) is 0 Å². The number of pyridine rings is 1. The molecular weight excluding hydrogens is 344 g/mol. The normalized spacial score (nSPS) is 13.8. The molecule has 0 bridgehead atoms. The monoisotopic (exact) mass is 370 g/mol. The molecule has 1 aromatic heterocycles. The lowest BCUT2D eigenvalue weighted by atomic mass is 10.1. The maximum Gasteiger partial charge on any atom is 0.319 e. The summed E-state index contributed by atoms with van der Waals surface area (Å²) in [6.45, 7) is 2.51. The molecular formula is C20H26N4O3. The summed E-state index contributed by atoms with van der Waals surface area (Å²) in [5.41, 5.74) is 1.62. The molecule has 2 heterocycles. The SMILES string of the molecule is COc1cc(NC(=O)NCc2ccnc(N3CCCCC3)c2)cc(OC)c1. The number of carbonyl (C=O) groups is 1. The fourth-order valence-electron chi connectivity index (χ4n) is 3.10. The Balaban J connectivity index is 1.58. The van der Waals surface area contributed by atoms with Gasteiger partial charge in [0, 0.05) is 49.7 Å². The number of anilines is 2. The molecule has 0 aliphatic carbocycles. The van der Waals surface area contributed by atoms with Gasteiger partial charge in [-0.3, -0.25) is 0 Å². The van der Waals surface area contributed by atoms with E-state index in [9.17, 15) is 4.79 Å². The Kier molecular flexibility index (Phi) is 6.35. The van der Waals surface area contributed by atoms with Gasteiger partial charge in [0.2, 0.25) is 0 Å². The second kappa shape index (κ2) is 9.12. The van der Waals surface area contributed by atoms with E-state index in [0.29, 0.717) is 23.7 Å². The topological polar surface area (TPSA) is 75.7 Å². The van der Waals surface area contributed by atoms with E-state index in [1.807, 2.05) is 12.1 Å². The Morgan fingerprint density at radius 3 is 2.44 bits per heavy atom. The minimum Gasteiger partial charge on any atom is -0.497 e. The summed E-state index contributed by atoms with van der Waals surface area (Å²) in [5, 5.41) is 5.68. The van der Waals surface area contributed by atoms with Crippen molar-refractivity contribution in [3.05, 3.63) is 42.1 Å². The standard InChI is InChI=1S/C20H26N4O3/c1-26-17-11-16(12-18(13-17)27-2)23-20(25)22-14-15-6-7-21-19(10-15)24-8-4-3-5-9-24/h6-7,10-13H,3-5,8-9,14H2,1-2H3,(H2,22,23,25). The van der Waals surface area contributed by atoms with E-state index in [-0.39, 0.29) is 6.03 Å². The average molecular weight is 370 g/mol. The minimum absolute atomic E-state index is 0.290. The molecule has 27 heavy (non-hydrogen) atoms. The molecule has 0 saturated carbocycles. The van der Waals surface area contributed by atoms with E-state index in [0.717, 1.165) is 24.5 Å². The third kappa shape index (κ3) is 5.26. The molecule has 1 saturated heterocycles. The van der Waals surface area contributed by atoms with Crippen molar-refractivity contribution < 1.29 is 14.3 Å². The van der Waals surface area contributed by atoms with Crippen LogP contribution in [0.5, 0.6) is 11.5 Å². The van der Waals surface area contributed by atoms with E-state index in [1.54, 1.807) is 38.6 Å². The van der Waals surface area contributed by atoms with Crippen molar-refractivity contribution in [2.75, 3.05) is 37.5 Å². The summed E-state index contributed by atoms with van der Waals surface area (Å²) >= 11 is 0. The summed E-state index contributed by atoms with van der Waals surface area (Å²) in [7, 11) is 3.14. The van der Waals surface area contributed by atoms with Gasteiger partial charge in [0.15, 0.2) is 0 Å². The number of ether oxygens (including phenoxy) is 2. The van der Waals surface area contributed by atoms with Gasteiger partial charge in [-0.15, -0.1) is 0 Å². The predicted octanol–water partition coefficient (Wildman–Crippen LogP) is 3.41. The zero-order valence-corrected chi connectivity index (χ0v) is 15.8. The minimum atomic E-state index is -0.290. The molecule has 7 heteroatoms. The van der Waals surface area contributed by atoms with Crippen LogP contribution in [0.15, 0.2) is 36.5 Å². The van der Waals surface area contributed by atoms with Crippen molar-refractivity contribution >= 4 is 17.5 Å². The van der Waals surface area contributed by atoms with E-state index in [1.165, 1.54) is 19.3 Å². The number of piperidine rings is 1. The smallest absolute Gasteiger partial charge is 0.319 e. The highest BCUT2D eigenvalue weighted by Gasteiger charge is 2.12. The number of hydrogen-bond donors (Lipinski definition) is 2. The number of carbonyl (C=O) groups excluding carboxylic acids is 1. The number of benzene rings is 1. The van der Waals surface area contributed by atoms with Gasteiger partial charge in [0.1, 0.15) is 17.3 Å². The predicted molar refractivity (Wildman–Crippen MR) is 106 cm³/mol. The largest absolute Gasteiger partial charge is 0.497 e. The van der Waals surface area contributed by atoms with Crippen LogP contribution in [0.25, 0.3) is 0 Å². The lowest BCUT2D eigenvalue weighted by Gasteiger charge is -2.27. The van der Waals surface area contributed by atoms with Crippen molar-refractivity contribution in [2.24, 2.45) is 0 Å². The van der Waals surface area contributed by atoms with Crippen LogP contribution in [0.2, 0.25) is 0 Å². The van der Waals surface area contributed by atoms with Crippen LogP contribution in [0.4, 0.5) is 16.3 Å². The molecule has 3 rings (SSSR count). The van der Waals surface area contributed by atoms with Gasteiger partial charge in [-0.05, 0) is 37.0 Å². The molecule has 2 aromatic rings. The number of amides is 2. The molecule has 144 valence electrons. The number of methoxy groups -OCH3 is 2. The Morgan fingerprint density at radius 1 is 1.07 bits per heavy atom. The molecule has 1 aliphatic rings. The van der Waals surface area contributed by atoms with Gasteiger partial charge < -0.3 is 25.0 Å². The van der Waals surface area contributed by atoms with Crippen LogP contribution in [-0.2, 0) is 6.54 Å². The molecule has 1 aliphatic heterocycles. The zero-order valence-electron chi connectivity index (χ0n) is 15.8. The van der Waals surface area contributed by atoms with Gasteiger partial charge >= 0.3 is 6.03 Å². The van der Waals surface area contributed by atoms with E-state index in [2.05, 4.69) is 20.5 Å². The third-order valence-corrected chi connectivity index (χ3v) is 4.55. The highest BCUT2D eigenvalue weighted by atomic mass is 16.5. The van der Waals surface area contributed by atoms with E-state index < -0.39 is 0 Å². The van der Waals surface area contributed by atoms with Crippen molar-refractivity contribution in [1.82, 2.24) is 10.3 Å². The van der Waals surface area contributed by atoms with Crippen molar-refractivity contribution in [3.63, 3.8) is 0 Å². The van der Waals surface area contributed by atoms with Gasteiger partial charge in [0.25, 0.3) is 0 Å². The molecule has 0 spiro atoms. The average Bonchev–Trinajstić information content (AvgIpc) is 2.72. The first-order valence-electron chi connectivity index (χ1n) is 9.16. The molecule has 1 aromatic carbocycles. The second-order valence-electron chi connectivity index (χ2n) is 6.48. The summed E-state index contributed by atoms with van der Waals surface area (Å²) in [4.78, 5) is 19.0. The molecule has 0 radical (unpaired) electrons. The van der Waals surface area contributed by atoms with Crippen molar-refractivity contribution in [2.45, 2.75) is 25.8 Å². The summed E-state index contributed by atoms with van der Waals surface area (Å²) in [5.74, 6) is 2.21. The highest BCUT2D eigenvalue weighted by Crippen LogP contribution is 2.25. The van der Waals surface area contributed by atoms with Crippen molar-refractivity contribution in [3.8, 4) is 11.5 Å². The molecule has 2 amide bonds. The quantitative estimate of drug-likeness (QED) is 0.815. The van der Waals surface area contributed by atoms with Crippen molar-refractivity contribution in [1.29, 1.82) is 0 Å². The first-order valence-corrected chi connectivity index (χ1v) is 9.16. The first-order chi connectivity index (χ1) is 13.2. The van der Waals surface area contributed by atoms with Crippen LogP contribution >= 0.6 is 0 Å². The third-order valence-electron chi connectivity index (χ3n) is 4.55. The molecule has 1 fully saturated rings. The van der Waals surface area contributed by atoms with Crippen LogP contribution in [0.1, 0.15) is 24.8 Å². The summed E-state index contributed by atoms with van der Waals surface area (Å²) < 4.78 is 10.4. The number of hydrogen-bond acceptors (Lipinski definition) is 5. The lowest BCUT2D eigenvalue weighted by molar-refractivity contribution is 0.251. The Morgan fingerprint density at radius 2 is 1.78 bits per heavy atom. The Labute approximate surface area is 159 Å². The maximum absolute atomic E-state index is 12.2. The number of aromatic nitrogens is 1. The number of nitrogens with one attached hydrogen (secondary N) is 2. The Hall–Kier alpha value is -2.96. The Bertz CT molecular complexity index is 753. The van der Waals surface area contributed by atoms with Crippen LogP contribution in [0, 0.1) is 0 Å². The van der Waals surface area contributed by atoms with Gasteiger partial charge in [-0.25, -0.2) is 9.78 Å². The van der Waals surface area contributed by atoms with E-state index >= 15 is 0 Å². The van der Waals surface area contributed by atoms with Crippen LogP contribution < -0.4 is 25.0 Å². The summed E-state index contributed by atoms with van der Waals surface area (Å²) in [6.07, 6.45) is 5.49. The second-order valence-corrected chi connectivity index (χ2v) is 6.48. The summed E-state index contributed by atoms with van der Waals surface area (Å²) in [6, 6.07) is 8.90. The van der Waals surface area contributed by atoms with Gasteiger partial charge in [0.05, 0.1) is 14.2 Å². The van der Waals surface area contributed by atoms with Crippen LogP contribution in [-0.4, -0.2) is 38.3 Å². The first kappa shape index (κ1) is 18.8. The number of rotatable bonds is 6. The fourth-order valence-corrected chi connectivity index (χ4v) is 3.10. The van der Waals surface area contributed by atoms with Gasteiger partial charge in [-0.1, -0.05) is 0 Å². The molecule has 7 nitrogen and oxygen atoms in total. The molecule has 0 unspecified atom stereocenters. The lowest BCUT2D eigenvalue weighted by Crippen LogP contribution is -2.31. The van der Waals surface area contributed by atoms with Crippen LogP contribution in [0.3, 0.4) is 0 Å². The fraction of sp³-hybridized carbons (Fsp3) is 0.400. The number of nitrogens with zero attached hydrogens (tertiary/aromatic N) is 2. The maximum atomic E-state index is 12.2. The van der Waals surface area contributed by atoms with E-state index in [4.69, 9.17) is 9.47 Å². The highest BCUT2D eigenvalue weighted by molar-refractivity contribution is 5.89. The number of urea groups is 1.